The highest BCUT2D eigenvalue weighted by Crippen LogP contribution is 2.53. The number of nitrogens with two attached hydrogens (primary N) is 1. The van der Waals surface area contributed by atoms with Gasteiger partial charge in [-0.25, -0.2) is 9.19 Å². The number of ether oxygens (including phenoxy) is 1. The number of halogens is 6. The van der Waals surface area contributed by atoms with Crippen LogP contribution >= 0.6 is 11.3 Å². The highest BCUT2D eigenvalue weighted by Gasteiger charge is 2.73. The smallest absolute Gasteiger partial charge is 0.375 e. The third kappa shape index (κ3) is 4.52. The number of thiazole rings is 1. The van der Waals surface area contributed by atoms with Gasteiger partial charge >= 0.3 is 12.4 Å². The zero-order chi connectivity index (χ0) is 24.7. The van der Waals surface area contributed by atoms with Gasteiger partial charge in [-0.2, -0.15) is 26.3 Å². The fraction of sp³-hybridized carbons (Fsp3) is 0.550. The number of aromatic nitrogens is 1. The third-order valence-electron chi connectivity index (χ3n) is 5.77. The van der Waals surface area contributed by atoms with Crippen LogP contribution in [0.4, 0.5) is 31.5 Å². The van der Waals surface area contributed by atoms with E-state index in [9.17, 15) is 35.1 Å². The van der Waals surface area contributed by atoms with Gasteiger partial charge in [-0.1, -0.05) is 37.6 Å². The molecule has 3 N–H and O–H groups in total. The predicted octanol–water partition coefficient (Wildman–Crippen LogP) is 5.47. The number of nitrogen functional groups attached to an aromatic ring is 1. The number of alkyl halides is 6. The van der Waals surface area contributed by atoms with Crippen molar-refractivity contribution in [1.82, 2.24) is 4.98 Å². The first-order chi connectivity index (χ1) is 15.3. The maximum absolute atomic E-state index is 13.9. The molecule has 0 spiro atoms. The molecule has 1 aromatic heterocycles. The van der Waals surface area contributed by atoms with Crippen molar-refractivity contribution in [2.24, 2.45) is 0 Å². The summed E-state index contributed by atoms with van der Waals surface area (Å²) in [7, 11) is 0. The Hall–Kier alpha value is -1.70. The number of nitrogens with zero attached hydrogens (tertiary/aromatic N) is 1. The molecule has 1 aromatic carbocycles. The molecule has 184 valence electrons. The van der Waals surface area contributed by atoms with E-state index in [1.54, 1.807) is 6.92 Å². The summed E-state index contributed by atoms with van der Waals surface area (Å²) in [6.07, 6.45) is -10.7. The molecule has 33 heavy (non-hydrogen) atoms. The lowest BCUT2D eigenvalue weighted by molar-refractivity contribution is -0.389. The van der Waals surface area contributed by atoms with Crippen LogP contribution in [0.25, 0.3) is 0 Å². The van der Waals surface area contributed by atoms with Gasteiger partial charge in [-0.3, -0.25) is 0 Å². The molecular formula is C20H22F6N2O3S2. The van der Waals surface area contributed by atoms with Gasteiger partial charge in [-0.05, 0) is 24.8 Å². The lowest BCUT2D eigenvalue weighted by Crippen LogP contribution is -2.56. The summed E-state index contributed by atoms with van der Waals surface area (Å²) >= 11 is -1.33. The van der Waals surface area contributed by atoms with Crippen LogP contribution in [-0.2, 0) is 39.0 Å². The zero-order valence-corrected chi connectivity index (χ0v) is 19.1. The zero-order valence-electron chi connectivity index (χ0n) is 17.4. The van der Waals surface area contributed by atoms with Crippen molar-refractivity contribution in [3.8, 4) is 0 Å². The summed E-state index contributed by atoms with van der Waals surface area (Å²) in [5, 5.41) is 0.277. The van der Waals surface area contributed by atoms with Crippen LogP contribution in [0.3, 0.4) is 0 Å². The minimum atomic E-state index is -5.78. The SMILES string of the molecule is CCCCOC(c1ccc(C2(S(=O)O)CCc3nc(N)sc3C2)cc1)(C(F)(F)F)C(F)(F)F. The Morgan fingerprint density at radius 2 is 1.79 bits per heavy atom. The first kappa shape index (κ1) is 25.9. The predicted molar refractivity (Wildman–Crippen MR) is 112 cm³/mol. The van der Waals surface area contributed by atoms with Crippen molar-refractivity contribution in [3.63, 3.8) is 0 Å². The van der Waals surface area contributed by atoms with E-state index in [1.807, 2.05) is 0 Å². The van der Waals surface area contributed by atoms with Crippen molar-refractivity contribution in [1.29, 1.82) is 0 Å². The number of hydrogen-bond donors (Lipinski definition) is 2. The molecule has 0 amide bonds. The van der Waals surface area contributed by atoms with E-state index >= 15 is 0 Å². The van der Waals surface area contributed by atoms with Crippen molar-refractivity contribution in [2.45, 2.75) is 61.7 Å². The Morgan fingerprint density at radius 1 is 1.18 bits per heavy atom. The highest BCUT2D eigenvalue weighted by molar-refractivity contribution is 7.80. The molecule has 0 saturated carbocycles. The molecule has 0 radical (unpaired) electrons. The summed E-state index contributed by atoms with van der Waals surface area (Å²) in [4.78, 5) is 4.82. The Kier molecular flexibility index (Phi) is 7.19. The third-order valence-corrected chi connectivity index (χ3v) is 7.95. The molecule has 2 atom stereocenters. The molecule has 1 aliphatic carbocycles. The second kappa shape index (κ2) is 9.16. The van der Waals surface area contributed by atoms with Crippen LogP contribution in [0.1, 0.15) is 47.9 Å². The van der Waals surface area contributed by atoms with Gasteiger partial charge in [0.1, 0.15) is 4.75 Å². The quantitative estimate of drug-likeness (QED) is 0.290. The summed E-state index contributed by atoms with van der Waals surface area (Å²) in [5.41, 5.74) is 0.878. The average Bonchev–Trinajstić information content (AvgIpc) is 3.08. The maximum atomic E-state index is 13.9. The summed E-state index contributed by atoms with van der Waals surface area (Å²) in [6.45, 7) is 0.874. The van der Waals surface area contributed by atoms with Crippen LogP contribution in [0.15, 0.2) is 24.3 Å². The largest absolute Gasteiger partial charge is 0.430 e. The minimum absolute atomic E-state index is 0.0128. The van der Waals surface area contributed by atoms with Crippen LogP contribution in [0, 0.1) is 0 Å². The molecule has 5 nitrogen and oxygen atoms in total. The van der Waals surface area contributed by atoms with Crippen LogP contribution in [0.5, 0.6) is 0 Å². The van der Waals surface area contributed by atoms with E-state index in [0.717, 1.165) is 23.5 Å². The number of unbranched alkanes of at least 4 members (excludes halogenated alkanes) is 1. The molecule has 0 fully saturated rings. The normalized spacial score (nSPS) is 20.5. The number of anilines is 1. The Morgan fingerprint density at radius 3 is 2.30 bits per heavy atom. The van der Waals surface area contributed by atoms with E-state index in [2.05, 4.69) is 9.72 Å². The fourth-order valence-electron chi connectivity index (χ4n) is 4.01. The Labute approximate surface area is 192 Å². The molecule has 2 unspecified atom stereocenters. The number of fused-ring (bicyclic) bond motifs is 1. The van der Waals surface area contributed by atoms with Gasteiger partial charge in [0.05, 0.1) is 5.69 Å². The second-order valence-corrected chi connectivity index (χ2v) is 10.2. The van der Waals surface area contributed by atoms with E-state index in [-0.39, 0.29) is 30.0 Å². The molecule has 1 heterocycles. The highest BCUT2D eigenvalue weighted by atomic mass is 32.2. The number of rotatable bonds is 7. The summed E-state index contributed by atoms with van der Waals surface area (Å²) in [6, 6.07) is 3.42. The molecule has 0 saturated heterocycles. The minimum Gasteiger partial charge on any atom is -0.375 e. The van der Waals surface area contributed by atoms with Crippen LogP contribution < -0.4 is 5.73 Å². The standard InChI is InChI=1S/C20H22F6N2O3S2/c1-2-3-10-31-18(19(21,22)23,20(24,25)26)13-6-4-12(5-7-13)17(33(29)30)9-8-14-15(11-17)32-16(27)28-14/h4-7H,2-3,8-11H2,1H3,(H2,27,28)(H,29,30). The lowest BCUT2D eigenvalue weighted by atomic mass is 9.82. The molecule has 3 rings (SSSR count). The maximum Gasteiger partial charge on any atom is 0.430 e. The average molecular weight is 517 g/mol. The fourth-order valence-corrected chi connectivity index (χ4v) is 5.98. The molecule has 13 heteroatoms. The van der Waals surface area contributed by atoms with Gasteiger partial charge in [-0.15, -0.1) is 11.3 Å². The van der Waals surface area contributed by atoms with E-state index in [1.165, 1.54) is 0 Å². The summed E-state index contributed by atoms with van der Waals surface area (Å²) in [5.74, 6) is 0. The number of benzene rings is 1. The van der Waals surface area contributed by atoms with Crippen molar-refractivity contribution >= 4 is 27.5 Å². The number of hydrogen-bond acceptors (Lipinski definition) is 5. The molecule has 0 bridgehead atoms. The summed E-state index contributed by atoms with van der Waals surface area (Å²) < 4.78 is 109. The van der Waals surface area contributed by atoms with E-state index < -0.39 is 46.0 Å². The van der Waals surface area contributed by atoms with E-state index in [4.69, 9.17) is 5.73 Å². The lowest BCUT2D eigenvalue weighted by Gasteiger charge is -2.38. The Balaban J connectivity index is 2.07. The van der Waals surface area contributed by atoms with Gasteiger partial charge in [0.25, 0.3) is 5.60 Å². The Bertz CT molecular complexity index is 993. The molecule has 1 aliphatic rings. The monoisotopic (exact) mass is 516 g/mol. The van der Waals surface area contributed by atoms with Gasteiger partial charge in [0.2, 0.25) is 0 Å². The van der Waals surface area contributed by atoms with Crippen LogP contribution in [0.2, 0.25) is 0 Å². The number of aryl methyl sites for hydroxylation is 1. The first-order valence-electron chi connectivity index (χ1n) is 10.0. The van der Waals surface area contributed by atoms with Crippen molar-refractivity contribution in [2.75, 3.05) is 12.3 Å². The second-order valence-electron chi connectivity index (χ2n) is 7.80. The first-order valence-corrected chi connectivity index (χ1v) is 11.9. The van der Waals surface area contributed by atoms with Crippen molar-refractivity contribution in [3.05, 3.63) is 46.0 Å². The van der Waals surface area contributed by atoms with Gasteiger partial charge in [0, 0.05) is 23.5 Å². The van der Waals surface area contributed by atoms with Gasteiger partial charge in [0.15, 0.2) is 16.2 Å². The topological polar surface area (TPSA) is 85.4 Å². The van der Waals surface area contributed by atoms with Crippen LogP contribution in [-0.4, -0.2) is 32.7 Å². The molecule has 2 aromatic rings. The van der Waals surface area contributed by atoms with E-state index in [0.29, 0.717) is 35.5 Å². The molecule has 0 aliphatic heterocycles. The van der Waals surface area contributed by atoms with Gasteiger partial charge < -0.3 is 15.0 Å². The van der Waals surface area contributed by atoms with Crippen molar-refractivity contribution < 1.29 is 39.8 Å². The molecular weight excluding hydrogens is 494 g/mol.